The number of aromatic amines is 1. The third kappa shape index (κ3) is 2.26. The highest BCUT2D eigenvalue weighted by molar-refractivity contribution is 7.09. The Kier molecular flexibility index (Phi) is 3.29. The third-order valence-corrected chi connectivity index (χ3v) is 3.99. The number of rotatable bonds is 4. The first-order valence-corrected chi connectivity index (χ1v) is 7.39. The number of fused-ring (bicyclic) bond motifs is 1. The molecule has 1 aromatic carbocycles. The van der Waals surface area contributed by atoms with Gasteiger partial charge in [0.1, 0.15) is 4.88 Å². The van der Waals surface area contributed by atoms with Crippen LogP contribution in [0.1, 0.15) is 31.5 Å². The maximum absolute atomic E-state index is 4.65. The number of benzene rings is 1. The van der Waals surface area contributed by atoms with E-state index in [0.717, 1.165) is 46.7 Å². The fraction of sp³-hybridized carbons (Fsp3) is 0.357. The molecule has 98 valence electrons. The van der Waals surface area contributed by atoms with Gasteiger partial charge in [-0.15, -0.1) is 5.10 Å². The second-order valence-corrected chi connectivity index (χ2v) is 5.34. The molecule has 0 saturated heterocycles. The van der Waals surface area contributed by atoms with Gasteiger partial charge in [0.15, 0.2) is 5.82 Å². The summed E-state index contributed by atoms with van der Waals surface area (Å²) in [5.41, 5.74) is 4.45. The summed E-state index contributed by atoms with van der Waals surface area (Å²) in [6, 6.07) is 6.37. The molecule has 3 aromatic rings. The second kappa shape index (κ2) is 5.09. The van der Waals surface area contributed by atoms with E-state index in [1.807, 2.05) is 0 Å². The second-order valence-electron chi connectivity index (χ2n) is 4.59. The van der Waals surface area contributed by atoms with Gasteiger partial charge in [-0.3, -0.25) is 0 Å². The zero-order valence-corrected chi connectivity index (χ0v) is 11.9. The number of aryl methyl sites for hydroxylation is 2. The highest BCUT2D eigenvalue weighted by atomic mass is 32.1. The zero-order chi connectivity index (χ0) is 13.2. The minimum Gasteiger partial charge on any atom is -0.337 e. The molecule has 0 radical (unpaired) electrons. The summed E-state index contributed by atoms with van der Waals surface area (Å²) < 4.78 is 4.05. The number of nitrogens with one attached hydrogen (secondary N) is 1. The molecule has 0 aliphatic rings. The Morgan fingerprint density at radius 2 is 2.16 bits per heavy atom. The van der Waals surface area contributed by atoms with E-state index in [-0.39, 0.29) is 0 Å². The van der Waals surface area contributed by atoms with Crippen LogP contribution in [0, 0.1) is 0 Å². The van der Waals surface area contributed by atoms with E-state index in [0.29, 0.717) is 0 Å². The molecule has 2 heterocycles. The minimum absolute atomic E-state index is 0.890. The van der Waals surface area contributed by atoms with Gasteiger partial charge in [-0.05, 0) is 42.1 Å². The van der Waals surface area contributed by atoms with E-state index in [9.17, 15) is 0 Å². The topological polar surface area (TPSA) is 54.5 Å². The van der Waals surface area contributed by atoms with Crippen LogP contribution in [-0.2, 0) is 12.8 Å². The molecular formula is C14H16N4S. The Labute approximate surface area is 116 Å². The van der Waals surface area contributed by atoms with Crippen molar-refractivity contribution in [1.29, 1.82) is 0 Å². The quantitative estimate of drug-likeness (QED) is 0.789. The Bertz CT molecular complexity index is 698. The van der Waals surface area contributed by atoms with Crippen molar-refractivity contribution in [2.24, 2.45) is 0 Å². The predicted octanol–water partition coefficient (Wildman–Crippen LogP) is 3.60. The van der Waals surface area contributed by atoms with Crippen LogP contribution in [0.3, 0.4) is 0 Å². The Balaban J connectivity index is 2.07. The first kappa shape index (κ1) is 12.3. The Morgan fingerprint density at radius 1 is 1.26 bits per heavy atom. The summed E-state index contributed by atoms with van der Waals surface area (Å²) >= 11 is 1.41. The first-order valence-electron chi connectivity index (χ1n) is 6.62. The summed E-state index contributed by atoms with van der Waals surface area (Å²) in [5, 5.41) is 4.19. The summed E-state index contributed by atoms with van der Waals surface area (Å²) in [4.78, 5) is 9.11. The van der Waals surface area contributed by atoms with Crippen LogP contribution in [0.25, 0.3) is 21.7 Å². The monoisotopic (exact) mass is 272 g/mol. The largest absolute Gasteiger partial charge is 0.337 e. The molecule has 0 saturated carbocycles. The van der Waals surface area contributed by atoms with Crippen molar-refractivity contribution in [3.63, 3.8) is 0 Å². The van der Waals surface area contributed by atoms with Gasteiger partial charge >= 0.3 is 0 Å². The SMILES string of the molecule is CCCc1nnsc1-c1nc2ccc(CC)cc2[nH]1. The number of aromatic nitrogens is 4. The number of hydrogen-bond donors (Lipinski definition) is 1. The molecule has 1 N–H and O–H groups in total. The molecule has 0 aliphatic heterocycles. The van der Waals surface area contributed by atoms with Crippen LogP contribution in [0.15, 0.2) is 18.2 Å². The molecule has 0 bridgehead atoms. The third-order valence-electron chi connectivity index (χ3n) is 3.21. The minimum atomic E-state index is 0.890. The average Bonchev–Trinajstić information content (AvgIpc) is 3.03. The van der Waals surface area contributed by atoms with Crippen LogP contribution in [0.2, 0.25) is 0 Å². The Hall–Kier alpha value is -1.75. The van der Waals surface area contributed by atoms with Crippen molar-refractivity contribution in [1.82, 2.24) is 19.6 Å². The van der Waals surface area contributed by atoms with E-state index in [1.165, 1.54) is 17.1 Å². The lowest BCUT2D eigenvalue weighted by atomic mass is 10.1. The van der Waals surface area contributed by atoms with E-state index in [1.54, 1.807) is 0 Å². The molecule has 0 amide bonds. The van der Waals surface area contributed by atoms with E-state index < -0.39 is 0 Å². The van der Waals surface area contributed by atoms with Gasteiger partial charge in [0.05, 0.1) is 16.7 Å². The fourth-order valence-electron chi connectivity index (χ4n) is 2.17. The van der Waals surface area contributed by atoms with Crippen LogP contribution < -0.4 is 0 Å². The van der Waals surface area contributed by atoms with Crippen molar-refractivity contribution in [3.8, 4) is 10.7 Å². The highest BCUT2D eigenvalue weighted by Gasteiger charge is 2.13. The molecule has 4 nitrogen and oxygen atoms in total. The van der Waals surface area contributed by atoms with Crippen molar-refractivity contribution in [3.05, 3.63) is 29.5 Å². The van der Waals surface area contributed by atoms with Gasteiger partial charge in [-0.1, -0.05) is 30.8 Å². The van der Waals surface area contributed by atoms with Crippen LogP contribution in [0.5, 0.6) is 0 Å². The van der Waals surface area contributed by atoms with Crippen LogP contribution >= 0.6 is 11.5 Å². The molecule has 3 rings (SSSR count). The molecule has 19 heavy (non-hydrogen) atoms. The van der Waals surface area contributed by atoms with Crippen LogP contribution in [0.4, 0.5) is 0 Å². The van der Waals surface area contributed by atoms with Crippen molar-refractivity contribution in [2.45, 2.75) is 33.1 Å². The highest BCUT2D eigenvalue weighted by Crippen LogP contribution is 2.27. The smallest absolute Gasteiger partial charge is 0.152 e. The predicted molar refractivity (Wildman–Crippen MR) is 78.4 cm³/mol. The maximum Gasteiger partial charge on any atom is 0.152 e. The number of imidazole rings is 1. The Morgan fingerprint density at radius 3 is 2.95 bits per heavy atom. The van der Waals surface area contributed by atoms with Gasteiger partial charge in [-0.25, -0.2) is 4.98 Å². The van der Waals surface area contributed by atoms with Gasteiger partial charge in [0.2, 0.25) is 0 Å². The molecule has 0 spiro atoms. The number of H-pyrrole nitrogens is 1. The van der Waals surface area contributed by atoms with Crippen molar-refractivity contribution < 1.29 is 0 Å². The van der Waals surface area contributed by atoms with Gasteiger partial charge < -0.3 is 4.98 Å². The molecule has 0 unspecified atom stereocenters. The zero-order valence-electron chi connectivity index (χ0n) is 11.1. The van der Waals surface area contributed by atoms with Gasteiger partial charge in [0, 0.05) is 0 Å². The van der Waals surface area contributed by atoms with E-state index >= 15 is 0 Å². The summed E-state index contributed by atoms with van der Waals surface area (Å²) in [7, 11) is 0. The van der Waals surface area contributed by atoms with Gasteiger partial charge in [0.25, 0.3) is 0 Å². The van der Waals surface area contributed by atoms with Gasteiger partial charge in [-0.2, -0.15) is 0 Å². The molecule has 2 aromatic heterocycles. The lowest BCUT2D eigenvalue weighted by molar-refractivity contribution is 0.870. The van der Waals surface area contributed by atoms with E-state index in [2.05, 4.69) is 51.6 Å². The normalized spacial score (nSPS) is 11.3. The molecule has 5 heteroatoms. The van der Waals surface area contributed by atoms with Crippen molar-refractivity contribution in [2.75, 3.05) is 0 Å². The molecular weight excluding hydrogens is 256 g/mol. The standard InChI is InChI=1S/C14H16N4S/c1-3-5-11-13(19-18-17-11)14-15-10-7-6-9(4-2)8-12(10)16-14/h6-8H,3-5H2,1-2H3,(H,15,16). The fourth-order valence-corrected chi connectivity index (χ4v) is 2.83. The molecule has 0 atom stereocenters. The van der Waals surface area contributed by atoms with E-state index in [4.69, 9.17) is 0 Å². The summed E-state index contributed by atoms with van der Waals surface area (Å²) in [5.74, 6) is 0.890. The lowest BCUT2D eigenvalue weighted by Gasteiger charge is -1.94. The molecule has 0 fully saturated rings. The lowest BCUT2D eigenvalue weighted by Crippen LogP contribution is -1.88. The summed E-state index contributed by atoms with van der Waals surface area (Å²) in [6.07, 6.45) is 3.05. The number of hydrogen-bond acceptors (Lipinski definition) is 4. The number of nitrogens with zero attached hydrogens (tertiary/aromatic N) is 3. The van der Waals surface area contributed by atoms with Crippen molar-refractivity contribution >= 4 is 22.6 Å². The average molecular weight is 272 g/mol. The summed E-state index contributed by atoms with van der Waals surface area (Å²) in [6.45, 7) is 4.31. The molecule has 0 aliphatic carbocycles. The first-order chi connectivity index (χ1) is 9.31. The maximum atomic E-state index is 4.65. The van der Waals surface area contributed by atoms with Crippen LogP contribution in [-0.4, -0.2) is 19.6 Å².